The van der Waals surface area contributed by atoms with E-state index in [2.05, 4.69) is 6.58 Å². The number of hydrogen-bond donors (Lipinski definition) is 2. The Balaban J connectivity index is 4.52. The fourth-order valence-electron chi connectivity index (χ4n) is 0.819. The van der Waals surface area contributed by atoms with E-state index in [1.807, 2.05) is 0 Å². The van der Waals surface area contributed by atoms with Gasteiger partial charge in [-0.2, -0.15) is 0 Å². The second kappa shape index (κ2) is 4.72. The van der Waals surface area contributed by atoms with Crippen molar-refractivity contribution < 1.29 is 15.0 Å². The van der Waals surface area contributed by atoms with Crippen LogP contribution >= 0.6 is 0 Å². The number of aliphatic hydroxyl groups is 1. The van der Waals surface area contributed by atoms with Crippen molar-refractivity contribution >= 4 is 5.97 Å². The molecule has 3 heteroatoms. The molecule has 0 aromatic rings. The number of rotatable bonds is 4. The first-order valence-corrected chi connectivity index (χ1v) is 3.70. The lowest BCUT2D eigenvalue weighted by Gasteiger charge is -2.15. The Morgan fingerprint density at radius 2 is 2.08 bits per heavy atom. The third-order valence-corrected chi connectivity index (χ3v) is 1.80. The standard InChI is InChI=1S/C9H14O3/c1-4-6(3)8(10)7(5-2)9(11)12/h4-5,7-8,10H,2H2,1,3H3,(H,11,12)/b6-4+/t7-,8-/m1/s1. The number of allylic oxidation sites excluding steroid dienone is 1. The molecule has 0 amide bonds. The average molecular weight is 170 g/mol. The normalized spacial score (nSPS) is 16.8. The number of carboxylic acid groups (broad SMARTS) is 1. The van der Waals surface area contributed by atoms with E-state index in [-0.39, 0.29) is 0 Å². The van der Waals surface area contributed by atoms with Crippen LogP contribution in [0.2, 0.25) is 0 Å². The molecule has 2 N–H and O–H groups in total. The molecule has 0 fully saturated rings. The molecule has 0 rings (SSSR count). The summed E-state index contributed by atoms with van der Waals surface area (Å²) in [4.78, 5) is 10.5. The van der Waals surface area contributed by atoms with Crippen LogP contribution in [0, 0.1) is 5.92 Å². The SMILES string of the molecule is C=C[C@@H](C(=O)O)[C@H](O)/C(C)=C/C. The molecule has 0 bridgehead atoms. The largest absolute Gasteiger partial charge is 0.481 e. The summed E-state index contributed by atoms with van der Waals surface area (Å²) in [6, 6.07) is 0. The minimum Gasteiger partial charge on any atom is -0.481 e. The molecule has 0 saturated carbocycles. The third kappa shape index (κ3) is 2.51. The zero-order chi connectivity index (χ0) is 9.72. The maximum absolute atomic E-state index is 10.5. The lowest BCUT2D eigenvalue weighted by Crippen LogP contribution is -2.27. The van der Waals surface area contributed by atoms with Gasteiger partial charge in [0.15, 0.2) is 0 Å². The van der Waals surface area contributed by atoms with E-state index in [4.69, 9.17) is 5.11 Å². The molecule has 68 valence electrons. The van der Waals surface area contributed by atoms with Crippen molar-refractivity contribution in [2.75, 3.05) is 0 Å². The number of carboxylic acids is 1. The quantitative estimate of drug-likeness (QED) is 0.623. The fourth-order valence-corrected chi connectivity index (χ4v) is 0.819. The summed E-state index contributed by atoms with van der Waals surface area (Å²) in [6.07, 6.45) is 1.95. The van der Waals surface area contributed by atoms with Gasteiger partial charge in [-0.25, -0.2) is 0 Å². The highest BCUT2D eigenvalue weighted by Gasteiger charge is 2.23. The van der Waals surface area contributed by atoms with Gasteiger partial charge in [0.25, 0.3) is 0 Å². The number of aliphatic carboxylic acids is 1. The van der Waals surface area contributed by atoms with Crippen LogP contribution in [0.15, 0.2) is 24.3 Å². The van der Waals surface area contributed by atoms with E-state index in [1.165, 1.54) is 6.08 Å². The Bertz CT molecular complexity index is 206. The minimum atomic E-state index is -1.06. The number of aliphatic hydroxyl groups excluding tert-OH is 1. The fraction of sp³-hybridized carbons (Fsp3) is 0.444. The predicted octanol–water partition coefficient (Wildman–Crippen LogP) is 1.20. The zero-order valence-corrected chi connectivity index (χ0v) is 7.32. The van der Waals surface area contributed by atoms with E-state index in [0.29, 0.717) is 5.57 Å². The molecule has 0 radical (unpaired) electrons. The lowest BCUT2D eigenvalue weighted by molar-refractivity contribution is -0.142. The van der Waals surface area contributed by atoms with Crippen LogP contribution in [0.3, 0.4) is 0 Å². The van der Waals surface area contributed by atoms with Crippen LogP contribution < -0.4 is 0 Å². The van der Waals surface area contributed by atoms with Gasteiger partial charge in [0.2, 0.25) is 0 Å². The molecule has 2 atom stereocenters. The summed E-state index contributed by atoms with van der Waals surface area (Å²) in [5.74, 6) is -1.97. The van der Waals surface area contributed by atoms with Crippen molar-refractivity contribution in [3.05, 3.63) is 24.3 Å². The van der Waals surface area contributed by atoms with Gasteiger partial charge in [-0.3, -0.25) is 4.79 Å². The highest BCUT2D eigenvalue weighted by molar-refractivity contribution is 5.73. The van der Waals surface area contributed by atoms with Crippen molar-refractivity contribution in [2.24, 2.45) is 5.92 Å². The van der Waals surface area contributed by atoms with Gasteiger partial charge in [0.05, 0.1) is 6.10 Å². The molecule has 0 aliphatic heterocycles. The van der Waals surface area contributed by atoms with Crippen LogP contribution in [0.25, 0.3) is 0 Å². The Labute approximate surface area is 72.0 Å². The summed E-state index contributed by atoms with van der Waals surface area (Å²) >= 11 is 0. The minimum absolute atomic E-state index is 0.641. The van der Waals surface area contributed by atoms with Crippen molar-refractivity contribution in [1.82, 2.24) is 0 Å². The van der Waals surface area contributed by atoms with E-state index in [9.17, 15) is 9.90 Å². The monoisotopic (exact) mass is 170 g/mol. The summed E-state index contributed by atoms with van der Waals surface area (Å²) in [6.45, 7) is 6.79. The maximum atomic E-state index is 10.5. The first-order valence-electron chi connectivity index (χ1n) is 3.70. The Kier molecular flexibility index (Phi) is 4.29. The molecular weight excluding hydrogens is 156 g/mol. The van der Waals surface area contributed by atoms with Gasteiger partial charge in [-0.15, -0.1) is 6.58 Å². The van der Waals surface area contributed by atoms with Crippen LogP contribution in [0.4, 0.5) is 0 Å². The zero-order valence-electron chi connectivity index (χ0n) is 7.32. The second-order valence-electron chi connectivity index (χ2n) is 2.58. The third-order valence-electron chi connectivity index (χ3n) is 1.80. The summed E-state index contributed by atoms with van der Waals surface area (Å²) < 4.78 is 0. The van der Waals surface area contributed by atoms with Crippen LogP contribution in [0.1, 0.15) is 13.8 Å². The molecule has 0 aromatic carbocycles. The van der Waals surface area contributed by atoms with Gasteiger partial charge in [-0.05, 0) is 19.4 Å². The topological polar surface area (TPSA) is 57.5 Å². The van der Waals surface area contributed by atoms with Crippen LogP contribution in [-0.4, -0.2) is 22.3 Å². The molecule has 0 aromatic heterocycles. The summed E-state index contributed by atoms with van der Waals surface area (Å²) in [7, 11) is 0. The highest BCUT2D eigenvalue weighted by atomic mass is 16.4. The predicted molar refractivity (Wildman–Crippen MR) is 46.8 cm³/mol. The van der Waals surface area contributed by atoms with E-state index >= 15 is 0 Å². The lowest BCUT2D eigenvalue weighted by atomic mass is 9.97. The van der Waals surface area contributed by atoms with Crippen LogP contribution in [-0.2, 0) is 4.79 Å². The van der Waals surface area contributed by atoms with Crippen LogP contribution in [0.5, 0.6) is 0 Å². The smallest absolute Gasteiger partial charge is 0.313 e. The summed E-state index contributed by atoms with van der Waals surface area (Å²) in [5, 5.41) is 18.1. The molecule has 12 heavy (non-hydrogen) atoms. The van der Waals surface area contributed by atoms with Crippen molar-refractivity contribution in [3.8, 4) is 0 Å². The molecule has 0 spiro atoms. The van der Waals surface area contributed by atoms with Gasteiger partial charge in [0, 0.05) is 0 Å². The van der Waals surface area contributed by atoms with Gasteiger partial charge in [0.1, 0.15) is 5.92 Å². The highest BCUT2D eigenvalue weighted by Crippen LogP contribution is 2.13. The van der Waals surface area contributed by atoms with Crippen molar-refractivity contribution in [1.29, 1.82) is 0 Å². The second-order valence-corrected chi connectivity index (χ2v) is 2.58. The van der Waals surface area contributed by atoms with E-state index in [1.54, 1.807) is 19.9 Å². The van der Waals surface area contributed by atoms with Gasteiger partial charge < -0.3 is 10.2 Å². The Hall–Kier alpha value is -1.09. The maximum Gasteiger partial charge on any atom is 0.313 e. The molecule has 0 saturated heterocycles. The molecule has 3 nitrogen and oxygen atoms in total. The number of carbonyl (C=O) groups is 1. The first-order chi connectivity index (χ1) is 5.54. The molecule has 0 aliphatic rings. The number of hydrogen-bond acceptors (Lipinski definition) is 2. The molecule has 0 unspecified atom stereocenters. The van der Waals surface area contributed by atoms with Gasteiger partial charge >= 0.3 is 5.97 Å². The van der Waals surface area contributed by atoms with Crippen molar-refractivity contribution in [2.45, 2.75) is 20.0 Å². The average Bonchev–Trinajstić information content (AvgIpc) is 2.03. The Morgan fingerprint density at radius 1 is 1.58 bits per heavy atom. The van der Waals surface area contributed by atoms with E-state index in [0.717, 1.165) is 0 Å². The van der Waals surface area contributed by atoms with E-state index < -0.39 is 18.0 Å². The summed E-state index contributed by atoms with van der Waals surface area (Å²) in [5.41, 5.74) is 0.641. The first kappa shape index (κ1) is 10.9. The molecule has 0 heterocycles. The van der Waals surface area contributed by atoms with Crippen molar-refractivity contribution in [3.63, 3.8) is 0 Å². The van der Waals surface area contributed by atoms with Gasteiger partial charge in [-0.1, -0.05) is 12.2 Å². The molecule has 0 aliphatic carbocycles. The molecular formula is C9H14O3. The Morgan fingerprint density at radius 3 is 2.33 bits per heavy atom.